The minimum absolute atomic E-state index is 0.0674. The number of urea groups is 1. The molecule has 8 heteroatoms. The van der Waals surface area contributed by atoms with E-state index in [0.717, 1.165) is 22.5 Å². The molecule has 0 fully saturated rings. The first kappa shape index (κ1) is 21.7. The van der Waals surface area contributed by atoms with E-state index in [2.05, 4.69) is 15.6 Å². The van der Waals surface area contributed by atoms with Crippen LogP contribution in [-0.4, -0.2) is 39.4 Å². The molecule has 1 aromatic heterocycles. The molecule has 0 atom stereocenters. The number of aromatic nitrogens is 2. The van der Waals surface area contributed by atoms with Gasteiger partial charge in [0.25, 0.3) is 0 Å². The SMILES string of the molecule is CCOc1ccc(-n2c(SCC(=O)NC(=O)NC(C)(C)C)nc3ccccc32)cc1. The molecule has 0 bridgehead atoms. The molecule has 3 amide bonds. The highest BCUT2D eigenvalue weighted by Crippen LogP contribution is 2.28. The van der Waals surface area contributed by atoms with E-state index in [4.69, 9.17) is 4.74 Å². The Labute approximate surface area is 180 Å². The van der Waals surface area contributed by atoms with Gasteiger partial charge in [-0.05, 0) is 64.1 Å². The van der Waals surface area contributed by atoms with Crippen LogP contribution in [-0.2, 0) is 4.79 Å². The number of hydrogen-bond acceptors (Lipinski definition) is 5. The number of carbonyl (C=O) groups is 2. The van der Waals surface area contributed by atoms with E-state index in [1.54, 1.807) is 0 Å². The quantitative estimate of drug-likeness (QED) is 0.579. The van der Waals surface area contributed by atoms with Crippen LogP contribution in [0.5, 0.6) is 5.75 Å². The summed E-state index contributed by atoms with van der Waals surface area (Å²) in [6, 6.07) is 15.0. The lowest BCUT2D eigenvalue weighted by atomic mass is 10.1. The van der Waals surface area contributed by atoms with Crippen LogP contribution >= 0.6 is 11.8 Å². The Kier molecular flexibility index (Phi) is 6.66. The van der Waals surface area contributed by atoms with Crippen LogP contribution in [0.25, 0.3) is 16.7 Å². The molecule has 0 aliphatic carbocycles. The van der Waals surface area contributed by atoms with Gasteiger partial charge < -0.3 is 10.1 Å². The van der Waals surface area contributed by atoms with Gasteiger partial charge in [-0.25, -0.2) is 9.78 Å². The zero-order chi connectivity index (χ0) is 21.7. The summed E-state index contributed by atoms with van der Waals surface area (Å²) in [4.78, 5) is 28.8. The minimum atomic E-state index is -0.506. The lowest BCUT2D eigenvalue weighted by Gasteiger charge is -2.20. The number of ether oxygens (including phenoxy) is 1. The molecule has 7 nitrogen and oxygen atoms in total. The molecule has 0 unspecified atom stereocenters. The zero-order valence-electron chi connectivity index (χ0n) is 17.6. The maximum Gasteiger partial charge on any atom is 0.321 e. The number of thioether (sulfide) groups is 1. The smallest absolute Gasteiger partial charge is 0.321 e. The molecule has 158 valence electrons. The monoisotopic (exact) mass is 426 g/mol. The number of imide groups is 1. The number of hydrogen-bond donors (Lipinski definition) is 2. The first-order chi connectivity index (χ1) is 14.3. The fraction of sp³-hybridized carbons (Fsp3) is 0.318. The Morgan fingerprint density at radius 2 is 1.80 bits per heavy atom. The van der Waals surface area contributed by atoms with Gasteiger partial charge in [-0.1, -0.05) is 23.9 Å². The summed E-state index contributed by atoms with van der Waals surface area (Å²) in [5, 5.41) is 5.74. The van der Waals surface area contributed by atoms with Crippen LogP contribution in [0.2, 0.25) is 0 Å². The fourth-order valence-electron chi connectivity index (χ4n) is 2.87. The van der Waals surface area contributed by atoms with E-state index in [0.29, 0.717) is 11.8 Å². The Bertz CT molecular complexity index is 1040. The third-order valence-corrected chi connectivity index (χ3v) is 4.95. The maximum absolute atomic E-state index is 12.2. The Morgan fingerprint density at radius 3 is 2.47 bits per heavy atom. The van der Waals surface area contributed by atoms with Gasteiger partial charge in [0.1, 0.15) is 5.75 Å². The van der Waals surface area contributed by atoms with Crippen LogP contribution < -0.4 is 15.4 Å². The van der Waals surface area contributed by atoms with Crippen molar-refractivity contribution in [3.8, 4) is 11.4 Å². The average Bonchev–Trinajstić information content (AvgIpc) is 3.04. The molecule has 2 N–H and O–H groups in total. The average molecular weight is 427 g/mol. The summed E-state index contributed by atoms with van der Waals surface area (Å²) in [5.74, 6) is 0.480. The van der Waals surface area contributed by atoms with E-state index in [1.807, 2.05) is 80.8 Å². The van der Waals surface area contributed by atoms with Crippen LogP contribution in [0.3, 0.4) is 0 Å². The van der Waals surface area contributed by atoms with Crippen LogP contribution in [0.4, 0.5) is 4.79 Å². The molecule has 3 rings (SSSR count). The van der Waals surface area contributed by atoms with Gasteiger partial charge in [-0.2, -0.15) is 0 Å². The van der Waals surface area contributed by atoms with E-state index in [1.165, 1.54) is 11.8 Å². The molecular weight excluding hydrogens is 400 g/mol. The van der Waals surface area contributed by atoms with E-state index in [9.17, 15) is 9.59 Å². The van der Waals surface area contributed by atoms with Gasteiger partial charge in [0.05, 0.1) is 23.4 Å². The Morgan fingerprint density at radius 1 is 1.10 bits per heavy atom. The van der Waals surface area contributed by atoms with Crippen molar-refractivity contribution in [2.24, 2.45) is 0 Å². The fourth-order valence-corrected chi connectivity index (χ4v) is 3.70. The predicted molar refractivity (Wildman–Crippen MR) is 119 cm³/mol. The van der Waals surface area contributed by atoms with Gasteiger partial charge in [0.15, 0.2) is 5.16 Å². The molecule has 3 aromatic rings. The van der Waals surface area contributed by atoms with Gasteiger partial charge >= 0.3 is 6.03 Å². The van der Waals surface area contributed by atoms with Crippen molar-refractivity contribution in [1.29, 1.82) is 0 Å². The number of para-hydroxylation sites is 2. The minimum Gasteiger partial charge on any atom is -0.494 e. The van der Waals surface area contributed by atoms with Gasteiger partial charge in [-0.15, -0.1) is 0 Å². The number of fused-ring (bicyclic) bond motifs is 1. The summed E-state index contributed by atoms with van der Waals surface area (Å²) in [7, 11) is 0. The van der Waals surface area contributed by atoms with E-state index in [-0.39, 0.29) is 11.7 Å². The molecule has 0 saturated heterocycles. The van der Waals surface area contributed by atoms with Crippen molar-refractivity contribution in [3.63, 3.8) is 0 Å². The second kappa shape index (κ2) is 9.21. The van der Waals surface area contributed by atoms with Crippen molar-refractivity contribution in [1.82, 2.24) is 20.2 Å². The number of benzene rings is 2. The maximum atomic E-state index is 12.2. The summed E-state index contributed by atoms with van der Waals surface area (Å²) < 4.78 is 7.52. The van der Waals surface area contributed by atoms with Crippen molar-refractivity contribution < 1.29 is 14.3 Å². The second-order valence-electron chi connectivity index (χ2n) is 7.69. The lowest BCUT2D eigenvalue weighted by molar-refractivity contribution is -0.117. The molecule has 30 heavy (non-hydrogen) atoms. The highest BCUT2D eigenvalue weighted by Gasteiger charge is 2.18. The number of nitrogens with one attached hydrogen (secondary N) is 2. The molecular formula is C22H26N4O3S. The van der Waals surface area contributed by atoms with Crippen molar-refractivity contribution in [2.45, 2.75) is 38.4 Å². The molecule has 2 aromatic carbocycles. The van der Waals surface area contributed by atoms with Crippen molar-refractivity contribution in [2.75, 3.05) is 12.4 Å². The summed E-state index contributed by atoms with van der Waals surface area (Å²) in [6.45, 7) is 8.10. The van der Waals surface area contributed by atoms with Crippen molar-refractivity contribution >= 4 is 34.7 Å². The number of rotatable bonds is 6. The van der Waals surface area contributed by atoms with Gasteiger partial charge in [0.2, 0.25) is 5.91 Å². The number of imidazole rings is 1. The van der Waals surface area contributed by atoms with Crippen LogP contribution in [0, 0.1) is 0 Å². The topological polar surface area (TPSA) is 85.2 Å². The standard InChI is InChI=1S/C22H26N4O3S/c1-5-29-16-12-10-15(11-13-16)26-18-9-7-6-8-17(18)23-21(26)30-14-19(27)24-20(28)25-22(2,3)4/h6-13H,5,14H2,1-4H3,(H2,24,25,27,28). The van der Waals surface area contributed by atoms with Gasteiger partial charge in [-0.3, -0.25) is 14.7 Å². The highest BCUT2D eigenvalue weighted by molar-refractivity contribution is 7.99. The number of nitrogens with zero attached hydrogens (tertiary/aromatic N) is 2. The zero-order valence-corrected chi connectivity index (χ0v) is 18.4. The summed E-state index contributed by atoms with van der Waals surface area (Å²) in [6.07, 6.45) is 0. The molecule has 0 radical (unpaired) electrons. The Balaban J connectivity index is 1.80. The second-order valence-corrected chi connectivity index (χ2v) is 8.63. The molecule has 0 aliphatic rings. The third kappa shape index (κ3) is 5.54. The Hall–Kier alpha value is -3.00. The molecule has 0 spiro atoms. The molecule has 0 saturated carbocycles. The first-order valence-electron chi connectivity index (χ1n) is 9.72. The number of amides is 3. The summed E-state index contributed by atoms with van der Waals surface area (Å²) in [5.41, 5.74) is 2.27. The predicted octanol–water partition coefficient (Wildman–Crippen LogP) is 4.14. The van der Waals surface area contributed by atoms with Crippen molar-refractivity contribution in [3.05, 3.63) is 48.5 Å². The number of carbonyl (C=O) groups excluding carboxylic acids is 2. The van der Waals surface area contributed by atoms with Gasteiger partial charge in [0, 0.05) is 11.2 Å². The highest BCUT2D eigenvalue weighted by atomic mass is 32.2. The first-order valence-corrected chi connectivity index (χ1v) is 10.7. The van der Waals surface area contributed by atoms with E-state index >= 15 is 0 Å². The molecule has 1 heterocycles. The van der Waals surface area contributed by atoms with Crippen LogP contribution in [0.1, 0.15) is 27.7 Å². The summed E-state index contributed by atoms with van der Waals surface area (Å²) >= 11 is 1.28. The molecule has 0 aliphatic heterocycles. The van der Waals surface area contributed by atoms with Crippen LogP contribution in [0.15, 0.2) is 53.7 Å². The largest absolute Gasteiger partial charge is 0.494 e. The lowest BCUT2D eigenvalue weighted by Crippen LogP contribution is -2.48. The van der Waals surface area contributed by atoms with E-state index < -0.39 is 11.6 Å². The normalized spacial score (nSPS) is 11.3. The third-order valence-electron chi connectivity index (χ3n) is 4.01.